The van der Waals surface area contributed by atoms with Crippen molar-refractivity contribution in [2.24, 2.45) is 5.92 Å². The number of anilines is 4. The normalized spacial score (nSPS) is 13.9. The molecule has 0 radical (unpaired) electrons. The summed E-state index contributed by atoms with van der Waals surface area (Å²) < 4.78 is 33.6. The number of aromatic amines is 1. The van der Waals surface area contributed by atoms with Crippen molar-refractivity contribution in [1.29, 1.82) is 0 Å². The van der Waals surface area contributed by atoms with Gasteiger partial charge in [-0.1, -0.05) is 19.9 Å². The molecule has 3 heterocycles. The van der Waals surface area contributed by atoms with Crippen LogP contribution >= 0.6 is 0 Å². The maximum absolute atomic E-state index is 12.6. The van der Waals surface area contributed by atoms with Gasteiger partial charge < -0.3 is 19.6 Å². The maximum atomic E-state index is 12.6. The molecule has 10 heteroatoms. The summed E-state index contributed by atoms with van der Waals surface area (Å²) in [5.74, 6) is 0.613. The second-order valence-corrected chi connectivity index (χ2v) is 12.5. The van der Waals surface area contributed by atoms with Crippen LogP contribution in [0.4, 0.5) is 23.1 Å². The number of piperidine rings is 1. The lowest BCUT2D eigenvalue weighted by molar-refractivity contribution is 0.577. The molecule has 0 amide bonds. The Balaban J connectivity index is 1.44. The van der Waals surface area contributed by atoms with Crippen molar-refractivity contribution in [3.05, 3.63) is 76.8 Å². The molecule has 0 saturated carbocycles. The van der Waals surface area contributed by atoms with E-state index in [-0.39, 0.29) is 23.2 Å². The van der Waals surface area contributed by atoms with Crippen molar-refractivity contribution < 1.29 is 12.8 Å². The molecular formula is C30H35N5O4S. The molecule has 0 aliphatic carbocycles. The zero-order valence-electron chi connectivity index (χ0n) is 23.0. The Bertz CT molecular complexity index is 1650. The highest BCUT2D eigenvalue weighted by atomic mass is 32.2. The number of hydrogen-bond acceptors (Lipinski definition) is 7. The summed E-state index contributed by atoms with van der Waals surface area (Å²) in [6, 6.07) is 15.3. The summed E-state index contributed by atoms with van der Waals surface area (Å²) in [4.78, 5) is 22.1. The van der Waals surface area contributed by atoms with Gasteiger partial charge >= 0.3 is 0 Å². The number of rotatable bonds is 9. The Kier molecular flexibility index (Phi) is 7.97. The van der Waals surface area contributed by atoms with E-state index in [0.717, 1.165) is 48.3 Å². The molecule has 2 aromatic carbocycles. The molecule has 210 valence electrons. The van der Waals surface area contributed by atoms with Crippen molar-refractivity contribution in [2.75, 3.05) is 33.8 Å². The molecule has 3 N–H and O–H groups in total. The van der Waals surface area contributed by atoms with Crippen LogP contribution in [0.2, 0.25) is 0 Å². The molecule has 40 heavy (non-hydrogen) atoms. The molecule has 0 atom stereocenters. The van der Waals surface area contributed by atoms with Crippen LogP contribution in [0, 0.1) is 12.8 Å². The van der Waals surface area contributed by atoms with Gasteiger partial charge in [-0.05, 0) is 85.7 Å². The first-order valence-corrected chi connectivity index (χ1v) is 15.2. The second kappa shape index (κ2) is 11.6. The van der Waals surface area contributed by atoms with Gasteiger partial charge in [0.15, 0.2) is 5.76 Å². The maximum Gasteiger partial charge on any atom is 0.299 e. The summed E-state index contributed by atoms with van der Waals surface area (Å²) in [6.45, 7) is 7.58. The number of pyridine rings is 1. The lowest BCUT2D eigenvalue weighted by atomic mass is 10.0. The number of aromatic nitrogens is 2. The minimum absolute atomic E-state index is 0.0143. The zero-order valence-corrected chi connectivity index (χ0v) is 23.8. The highest BCUT2D eigenvalue weighted by Crippen LogP contribution is 2.34. The quantitative estimate of drug-likeness (QED) is 0.225. The third-order valence-electron chi connectivity index (χ3n) is 6.86. The van der Waals surface area contributed by atoms with Gasteiger partial charge in [0.1, 0.15) is 0 Å². The number of nitrogens with one attached hydrogen (secondary N) is 3. The van der Waals surface area contributed by atoms with Crippen molar-refractivity contribution >= 4 is 33.1 Å². The molecule has 1 saturated heterocycles. The van der Waals surface area contributed by atoms with E-state index in [1.807, 2.05) is 45.0 Å². The van der Waals surface area contributed by atoms with Crippen LogP contribution in [0.5, 0.6) is 0 Å². The zero-order chi connectivity index (χ0) is 28.3. The van der Waals surface area contributed by atoms with Gasteiger partial charge in [-0.15, -0.1) is 0 Å². The monoisotopic (exact) mass is 561 g/mol. The summed E-state index contributed by atoms with van der Waals surface area (Å²) in [7, 11) is -3.46. The molecule has 0 unspecified atom stereocenters. The van der Waals surface area contributed by atoms with E-state index in [0.29, 0.717) is 22.7 Å². The number of hydrogen-bond donors (Lipinski definition) is 3. The van der Waals surface area contributed by atoms with Gasteiger partial charge in [0.2, 0.25) is 10.0 Å². The van der Waals surface area contributed by atoms with Crippen LogP contribution in [-0.2, 0) is 10.0 Å². The summed E-state index contributed by atoms with van der Waals surface area (Å²) in [5.41, 5.74) is 5.15. The number of benzene rings is 2. The molecular weight excluding hydrogens is 526 g/mol. The topological polar surface area (TPSA) is 120 Å². The van der Waals surface area contributed by atoms with E-state index >= 15 is 0 Å². The van der Waals surface area contributed by atoms with Gasteiger partial charge in [-0.3, -0.25) is 9.52 Å². The van der Waals surface area contributed by atoms with Crippen molar-refractivity contribution in [1.82, 2.24) is 9.97 Å². The molecule has 9 nitrogen and oxygen atoms in total. The van der Waals surface area contributed by atoms with Crippen LogP contribution in [-0.4, -0.2) is 37.2 Å². The number of nitrogens with zero attached hydrogens (tertiary/aromatic N) is 2. The van der Waals surface area contributed by atoms with Crippen LogP contribution in [0.3, 0.4) is 0 Å². The van der Waals surface area contributed by atoms with Crippen LogP contribution in [0.1, 0.15) is 38.7 Å². The molecule has 0 spiro atoms. The Morgan fingerprint density at radius 2 is 1.82 bits per heavy atom. The Labute approximate surface area is 234 Å². The highest BCUT2D eigenvalue weighted by Gasteiger charge is 2.18. The number of H-pyrrole nitrogens is 1. The van der Waals surface area contributed by atoms with E-state index in [4.69, 9.17) is 4.42 Å². The fourth-order valence-electron chi connectivity index (χ4n) is 4.95. The number of sulfonamides is 1. The molecule has 4 aromatic rings. The Morgan fingerprint density at radius 3 is 2.58 bits per heavy atom. The average molecular weight is 562 g/mol. The molecule has 1 aliphatic rings. The standard InChI is InChI=1S/C30H35N5O4S/c1-20(2)19-40(37,38)34-24-10-9-21(3)27(17-24)33-30-32-18-28(39-30)23-14-22(26-8-7-11-31-29(26)36)15-25(16-23)35-12-5-4-6-13-35/h7-11,14-18,20,34H,4-6,12-13,19H2,1-3H3,(H,31,36)(H,32,33). The molecule has 5 rings (SSSR count). The number of oxazole rings is 1. The van der Waals surface area contributed by atoms with E-state index in [9.17, 15) is 13.2 Å². The van der Waals surface area contributed by atoms with E-state index in [2.05, 4.69) is 37.0 Å². The smallest absolute Gasteiger partial charge is 0.299 e. The van der Waals surface area contributed by atoms with Crippen molar-refractivity contribution in [2.45, 2.75) is 40.0 Å². The summed E-state index contributed by atoms with van der Waals surface area (Å²) in [6.07, 6.45) is 6.77. The molecule has 1 aliphatic heterocycles. The van der Waals surface area contributed by atoms with E-state index in [1.54, 1.807) is 24.5 Å². The van der Waals surface area contributed by atoms with Gasteiger partial charge in [0, 0.05) is 41.8 Å². The minimum Gasteiger partial charge on any atom is -0.423 e. The van der Waals surface area contributed by atoms with Crippen LogP contribution in [0.25, 0.3) is 22.5 Å². The first kappa shape index (κ1) is 27.5. The largest absolute Gasteiger partial charge is 0.423 e. The van der Waals surface area contributed by atoms with Crippen LogP contribution in [0.15, 0.2) is 70.1 Å². The Morgan fingerprint density at radius 1 is 1.05 bits per heavy atom. The second-order valence-electron chi connectivity index (χ2n) is 10.7. The lowest BCUT2D eigenvalue weighted by Gasteiger charge is -2.29. The predicted octanol–water partition coefficient (Wildman–Crippen LogP) is 6.14. The van der Waals surface area contributed by atoms with Crippen molar-refractivity contribution in [3.8, 4) is 22.5 Å². The molecule has 2 aromatic heterocycles. The molecule has 1 fully saturated rings. The third kappa shape index (κ3) is 6.56. The first-order valence-electron chi connectivity index (χ1n) is 13.6. The SMILES string of the molecule is Cc1ccc(NS(=O)(=O)CC(C)C)cc1Nc1ncc(-c2cc(-c3ccc[nH]c3=O)cc(N3CCCCC3)c2)o1. The fraction of sp³-hybridized carbons (Fsp3) is 0.333. The first-order chi connectivity index (χ1) is 19.2. The summed E-state index contributed by atoms with van der Waals surface area (Å²) >= 11 is 0. The van der Waals surface area contributed by atoms with Crippen LogP contribution < -0.4 is 20.5 Å². The Hall–Kier alpha value is -4.05. The van der Waals surface area contributed by atoms with Gasteiger partial charge in [-0.2, -0.15) is 0 Å². The fourth-order valence-corrected chi connectivity index (χ4v) is 6.40. The lowest BCUT2D eigenvalue weighted by Crippen LogP contribution is -2.29. The number of aryl methyl sites for hydroxylation is 1. The minimum atomic E-state index is -3.46. The van der Waals surface area contributed by atoms with Gasteiger partial charge in [-0.25, -0.2) is 13.4 Å². The van der Waals surface area contributed by atoms with E-state index in [1.165, 1.54) is 6.42 Å². The predicted molar refractivity (Wildman–Crippen MR) is 161 cm³/mol. The van der Waals surface area contributed by atoms with Gasteiger partial charge in [0.25, 0.3) is 11.6 Å². The summed E-state index contributed by atoms with van der Waals surface area (Å²) in [5, 5.41) is 3.18. The highest BCUT2D eigenvalue weighted by molar-refractivity contribution is 7.92. The third-order valence-corrected chi connectivity index (χ3v) is 8.52. The van der Waals surface area contributed by atoms with Crippen molar-refractivity contribution in [3.63, 3.8) is 0 Å². The average Bonchev–Trinajstić information content (AvgIpc) is 3.39. The van der Waals surface area contributed by atoms with E-state index < -0.39 is 10.0 Å². The molecule has 0 bridgehead atoms. The van der Waals surface area contributed by atoms with Gasteiger partial charge in [0.05, 0.1) is 17.6 Å².